The van der Waals surface area contributed by atoms with Crippen LogP contribution in [-0.4, -0.2) is 15.6 Å². The Morgan fingerprint density at radius 2 is 2.16 bits per heavy atom. The minimum Gasteiger partial charge on any atom is -0.397 e. The molecular weight excluding hydrogens is 244 g/mol. The van der Waals surface area contributed by atoms with Gasteiger partial charge in [-0.05, 0) is 33.8 Å². The molecule has 3 N–H and O–H groups in total. The largest absolute Gasteiger partial charge is 0.397 e. The van der Waals surface area contributed by atoms with E-state index in [1.807, 2.05) is 32.3 Å². The summed E-state index contributed by atoms with van der Waals surface area (Å²) < 4.78 is 6.89. The number of hydrogen-bond donors (Lipinski definition) is 2. The molecule has 0 fully saturated rings. The molecule has 2 heterocycles. The smallest absolute Gasteiger partial charge is 0.274 e. The Kier molecular flexibility index (Phi) is 3.33. The molecule has 2 aromatic rings. The van der Waals surface area contributed by atoms with Crippen LogP contribution >= 0.6 is 0 Å². The van der Waals surface area contributed by atoms with E-state index in [0.29, 0.717) is 17.3 Å². The van der Waals surface area contributed by atoms with Crippen molar-refractivity contribution in [2.75, 3.05) is 11.1 Å². The molecule has 2 rings (SSSR count). The average molecular weight is 262 g/mol. The fourth-order valence-electron chi connectivity index (χ4n) is 1.81. The topological polar surface area (TPSA) is 86.1 Å². The van der Waals surface area contributed by atoms with E-state index >= 15 is 0 Å². The van der Waals surface area contributed by atoms with E-state index < -0.39 is 0 Å². The highest BCUT2D eigenvalue weighted by Gasteiger charge is 2.18. The Morgan fingerprint density at radius 3 is 2.68 bits per heavy atom. The van der Waals surface area contributed by atoms with Gasteiger partial charge in [-0.3, -0.25) is 10.1 Å². The molecule has 0 unspecified atom stereocenters. The van der Waals surface area contributed by atoms with Crippen molar-refractivity contribution in [3.05, 3.63) is 29.2 Å². The molecule has 0 atom stereocenters. The first kappa shape index (κ1) is 13.2. The predicted molar refractivity (Wildman–Crippen MR) is 73.2 cm³/mol. The molecule has 0 aliphatic heterocycles. The molecule has 0 radical (unpaired) electrons. The van der Waals surface area contributed by atoms with Crippen molar-refractivity contribution in [2.24, 2.45) is 0 Å². The number of carbonyl (C=O) groups is 1. The van der Waals surface area contributed by atoms with Crippen LogP contribution in [0.15, 0.2) is 16.8 Å². The van der Waals surface area contributed by atoms with E-state index in [2.05, 4.69) is 10.5 Å². The molecule has 2 aromatic heterocycles. The van der Waals surface area contributed by atoms with Crippen molar-refractivity contribution in [3.63, 3.8) is 0 Å². The zero-order valence-electron chi connectivity index (χ0n) is 11.5. The molecule has 0 aliphatic carbocycles. The van der Waals surface area contributed by atoms with Gasteiger partial charge in [0.05, 0.1) is 11.4 Å². The van der Waals surface area contributed by atoms with Crippen molar-refractivity contribution in [3.8, 4) is 0 Å². The predicted octanol–water partition coefficient (Wildman–Crippen LogP) is 2.51. The summed E-state index contributed by atoms with van der Waals surface area (Å²) in [5, 5.41) is 6.52. The maximum Gasteiger partial charge on any atom is 0.274 e. The fraction of sp³-hybridized carbons (Fsp3) is 0.385. The second kappa shape index (κ2) is 4.79. The second-order valence-electron chi connectivity index (χ2n) is 4.84. The van der Waals surface area contributed by atoms with Crippen LogP contribution in [0.5, 0.6) is 0 Å². The number of carbonyl (C=O) groups excluding carboxylic acids is 1. The van der Waals surface area contributed by atoms with E-state index in [0.717, 1.165) is 11.3 Å². The van der Waals surface area contributed by atoms with Gasteiger partial charge in [0.15, 0.2) is 0 Å². The Bertz CT molecular complexity index is 610. The van der Waals surface area contributed by atoms with E-state index in [1.165, 1.54) is 0 Å². The summed E-state index contributed by atoms with van der Waals surface area (Å²) in [5.41, 5.74) is 8.39. The normalized spacial score (nSPS) is 11.0. The molecule has 0 saturated carbocycles. The molecule has 0 aliphatic rings. The van der Waals surface area contributed by atoms with Crippen LogP contribution in [0, 0.1) is 13.8 Å². The van der Waals surface area contributed by atoms with Gasteiger partial charge in [-0.2, -0.15) is 0 Å². The zero-order valence-corrected chi connectivity index (χ0v) is 11.5. The molecule has 0 saturated heterocycles. The van der Waals surface area contributed by atoms with Gasteiger partial charge in [-0.1, -0.05) is 5.16 Å². The lowest BCUT2D eigenvalue weighted by Gasteiger charge is -2.11. The number of nitrogens with two attached hydrogens (primary N) is 1. The van der Waals surface area contributed by atoms with Crippen LogP contribution in [0.2, 0.25) is 0 Å². The standard InChI is InChI=1S/C13H18N4O2/c1-7(2)17-6-10(14)5-11(17)12(18)15-13-8(3)9(4)16-19-13/h5-7H,14H2,1-4H3,(H,15,18). The maximum atomic E-state index is 12.2. The van der Waals surface area contributed by atoms with Gasteiger partial charge in [-0.25, -0.2) is 0 Å². The van der Waals surface area contributed by atoms with Crippen LogP contribution in [-0.2, 0) is 0 Å². The number of hydrogen-bond acceptors (Lipinski definition) is 4. The van der Waals surface area contributed by atoms with Gasteiger partial charge in [0, 0.05) is 17.8 Å². The van der Waals surface area contributed by atoms with Crippen LogP contribution in [0.4, 0.5) is 11.6 Å². The molecule has 6 nitrogen and oxygen atoms in total. The minimum absolute atomic E-state index is 0.149. The summed E-state index contributed by atoms with van der Waals surface area (Å²) in [4.78, 5) is 12.2. The first-order chi connectivity index (χ1) is 8.90. The highest BCUT2D eigenvalue weighted by atomic mass is 16.5. The van der Waals surface area contributed by atoms with Crippen molar-refractivity contribution in [1.29, 1.82) is 0 Å². The molecule has 1 amide bonds. The minimum atomic E-state index is -0.260. The van der Waals surface area contributed by atoms with E-state index in [4.69, 9.17) is 10.3 Å². The van der Waals surface area contributed by atoms with Gasteiger partial charge >= 0.3 is 0 Å². The number of aromatic nitrogens is 2. The monoisotopic (exact) mass is 262 g/mol. The molecular formula is C13H18N4O2. The van der Waals surface area contributed by atoms with Gasteiger partial charge < -0.3 is 14.8 Å². The number of anilines is 2. The molecule has 19 heavy (non-hydrogen) atoms. The number of nitrogens with zero attached hydrogens (tertiary/aromatic N) is 2. The summed E-state index contributed by atoms with van der Waals surface area (Å²) in [7, 11) is 0. The van der Waals surface area contributed by atoms with Crippen LogP contribution in [0.25, 0.3) is 0 Å². The first-order valence-electron chi connectivity index (χ1n) is 6.11. The lowest BCUT2D eigenvalue weighted by Crippen LogP contribution is -2.17. The molecule has 0 spiro atoms. The summed E-state index contributed by atoms with van der Waals surface area (Å²) in [6.07, 6.45) is 1.75. The van der Waals surface area contributed by atoms with Crippen molar-refractivity contribution in [1.82, 2.24) is 9.72 Å². The Morgan fingerprint density at radius 1 is 1.47 bits per heavy atom. The molecule has 102 valence electrons. The van der Waals surface area contributed by atoms with Crippen molar-refractivity contribution in [2.45, 2.75) is 33.7 Å². The Hall–Kier alpha value is -2.24. The van der Waals surface area contributed by atoms with Crippen LogP contribution in [0.3, 0.4) is 0 Å². The third-order valence-corrected chi connectivity index (χ3v) is 3.04. The first-order valence-corrected chi connectivity index (χ1v) is 6.11. The van der Waals surface area contributed by atoms with E-state index in [9.17, 15) is 4.79 Å². The number of aryl methyl sites for hydroxylation is 1. The fourth-order valence-corrected chi connectivity index (χ4v) is 1.81. The van der Waals surface area contributed by atoms with E-state index in [1.54, 1.807) is 12.3 Å². The van der Waals surface area contributed by atoms with Crippen LogP contribution < -0.4 is 11.1 Å². The summed E-state index contributed by atoms with van der Waals surface area (Å²) in [6.45, 7) is 7.64. The second-order valence-corrected chi connectivity index (χ2v) is 4.84. The van der Waals surface area contributed by atoms with Gasteiger partial charge in [0.25, 0.3) is 5.91 Å². The molecule has 6 heteroatoms. The number of nitrogens with one attached hydrogen (secondary N) is 1. The molecule has 0 aromatic carbocycles. The van der Waals surface area contributed by atoms with Gasteiger partial charge in [0.1, 0.15) is 5.69 Å². The number of rotatable bonds is 3. The summed E-state index contributed by atoms with van der Waals surface area (Å²) in [6, 6.07) is 1.80. The SMILES string of the molecule is Cc1noc(NC(=O)c2cc(N)cn2C(C)C)c1C. The number of nitrogen functional groups attached to an aromatic ring is 1. The lowest BCUT2D eigenvalue weighted by atomic mass is 10.2. The highest BCUT2D eigenvalue weighted by molar-refractivity contribution is 6.03. The summed E-state index contributed by atoms with van der Waals surface area (Å²) >= 11 is 0. The number of amides is 1. The summed E-state index contributed by atoms with van der Waals surface area (Å²) in [5.74, 6) is 0.113. The Balaban J connectivity index is 2.28. The maximum absolute atomic E-state index is 12.2. The quantitative estimate of drug-likeness (QED) is 0.889. The highest BCUT2D eigenvalue weighted by Crippen LogP contribution is 2.21. The van der Waals surface area contributed by atoms with Gasteiger partial charge in [-0.15, -0.1) is 0 Å². The lowest BCUT2D eigenvalue weighted by molar-refractivity contribution is 0.101. The third-order valence-electron chi connectivity index (χ3n) is 3.04. The van der Waals surface area contributed by atoms with Gasteiger partial charge in [0.2, 0.25) is 5.88 Å². The third kappa shape index (κ3) is 2.47. The van der Waals surface area contributed by atoms with E-state index in [-0.39, 0.29) is 11.9 Å². The van der Waals surface area contributed by atoms with Crippen molar-refractivity contribution < 1.29 is 9.32 Å². The zero-order chi connectivity index (χ0) is 14.2. The molecule has 0 bridgehead atoms. The van der Waals surface area contributed by atoms with Crippen molar-refractivity contribution >= 4 is 17.5 Å². The Labute approximate surface area is 111 Å². The van der Waals surface area contributed by atoms with Crippen LogP contribution in [0.1, 0.15) is 41.6 Å². The average Bonchev–Trinajstić information content (AvgIpc) is 2.87.